The van der Waals surface area contributed by atoms with Crippen LogP contribution in [0.25, 0.3) is 0 Å². The maximum Gasteiger partial charge on any atom is 0.0932 e. The average molecular weight is 303 g/mol. The van der Waals surface area contributed by atoms with Crippen LogP contribution in [-0.4, -0.2) is 13.1 Å². The highest BCUT2D eigenvalue weighted by atomic mass is 15.1. The second-order valence-corrected chi connectivity index (χ2v) is 6.42. The largest absolute Gasteiger partial charge is 0.360 e. The van der Waals surface area contributed by atoms with Crippen molar-refractivity contribution in [3.05, 3.63) is 66.2 Å². The zero-order valence-electron chi connectivity index (χ0n) is 13.9. The SMILES string of the molecule is CN(c1ccccc1)C(C#Cc1ccccc1)C1CCCCC1. The standard InChI is InChI=1S/C22H25N/c1-23(21-15-9-4-10-16-21)22(20-13-7-3-8-14-20)18-17-19-11-5-2-6-12-19/h2,4-6,9-12,15-16,20,22H,3,7-8,13-14H2,1H3. The zero-order chi connectivity index (χ0) is 15.9. The molecule has 23 heavy (non-hydrogen) atoms. The number of benzene rings is 2. The highest BCUT2D eigenvalue weighted by Gasteiger charge is 2.25. The maximum atomic E-state index is 3.58. The Bertz CT molecular complexity index is 645. The summed E-state index contributed by atoms with van der Waals surface area (Å²) in [6.07, 6.45) is 6.66. The van der Waals surface area contributed by atoms with Gasteiger partial charge in [0.15, 0.2) is 0 Å². The van der Waals surface area contributed by atoms with Crippen molar-refractivity contribution in [2.75, 3.05) is 11.9 Å². The Labute approximate surface area is 140 Å². The van der Waals surface area contributed by atoms with E-state index < -0.39 is 0 Å². The number of para-hydroxylation sites is 1. The van der Waals surface area contributed by atoms with Crippen molar-refractivity contribution in [1.29, 1.82) is 0 Å². The Morgan fingerprint density at radius 3 is 2.13 bits per heavy atom. The van der Waals surface area contributed by atoms with E-state index in [1.165, 1.54) is 37.8 Å². The summed E-state index contributed by atoms with van der Waals surface area (Å²) in [5.74, 6) is 7.65. The summed E-state index contributed by atoms with van der Waals surface area (Å²) in [6, 6.07) is 21.3. The van der Waals surface area contributed by atoms with Crippen LogP contribution in [0.5, 0.6) is 0 Å². The second-order valence-electron chi connectivity index (χ2n) is 6.42. The van der Waals surface area contributed by atoms with E-state index in [1.54, 1.807) is 0 Å². The molecule has 0 saturated heterocycles. The molecule has 1 unspecified atom stereocenters. The molecule has 0 heterocycles. The molecule has 0 radical (unpaired) electrons. The molecule has 118 valence electrons. The third-order valence-electron chi connectivity index (χ3n) is 4.82. The lowest BCUT2D eigenvalue weighted by Crippen LogP contribution is -2.38. The summed E-state index contributed by atoms with van der Waals surface area (Å²) in [7, 11) is 2.19. The van der Waals surface area contributed by atoms with E-state index in [2.05, 4.69) is 78.4 Å². The molecule has 1 saturated carbocycles. The zero-order valence-corrected chi connectivity index (χ0v) is 13.9. The van der Waals surface area contributed by atoms with Crippen molar-refractivity contribution < 1.29 is 0 Å². The number of nitrogens with zero attached hydrogens (tertiary/aromatic N) is 1. The van der Waals surface area contributed by atoms with Gasteiger partial charge in [-0.05, 0) is 43.0 Å². The normalized spacial score (nSPS) is 16.2. The third-order valence-corrected chi connectivity index (χ3v) is 4.82. The first kappa shape index (κ1) is 15.7. The molecule has 0 aromatic heterocycles. The van der Waals surface area contributed by atoms with E-state index in [4.69, 9.17) is 0 Å². The van der Waals surface area contributed by atoms with Gasteiger partial charge in [0.05, 0.1) is 6.04 Å². The lowest BCUT2D eigenvalue weighted by atomic mass is 9.83. The molecule has 1 aliphatic rings. The molecule has 0 amide bonds. The highest BCUT2D eigenvalue weighted by molar-refractivity contribution is 5.49. The van der Waals surface area contributed by atoms with Crippen molar-refractivity contribution in [3.8, 4) is 11.8 Å². The molecule has 1 fully saturated rings. The van der Waals surface area contributed by atoms with E-state index >= 15 is 0 Å². The van der Waals surface area contributed by atoms with E-state index in [-0.39, 0.29) is 6.04 Å². The van der Waals surface area contributed by atoms with Gasteiger partial charge < -0.3 is 4.90 Å². The van der Waals surface area contributed by atoms with E-state index in [0.29, 0.717) is 5.92 Å². The maximum absolute atomic E-state index is 3.58. The van der Waals surface area contributed by atoms with Gasteiger partial charge in [-0.25, -0.2) is 0 Å². The van der Waals surface area contributed by atoms with E-state index in [0.717, 1.165) is 5.56 Å². The second kappa shape index (κ2) is 7.88. The quantitative estimate of drug-likeness (QED) is 0.711. The predicted molar refractivity (Wildman–Crippen MR) is 98.5 cm³/mol. The fourth-order valence-electron chi connectivity index (χ4n) is 3.48. The molecule has 1 atom stereocenters. The van der Waals surface area contributed by atoms with Crippen molar-refractivity contribution in [1.82, 2.24) is 0 Å². The first-order chi connectivity index (χ1) is 11.3. The van der Waals surface area contributed by atoms with Gasteiger partial charge in [0.25, 0.3) is 0 Å². The lowest BCUT2D eigenvalue weighted by Gasteiger charge is -2.34. The monoisotopic (exact) mass is 303 g/mol. The Hall–Kier alpha value is -2.20. The summed E-state index contributed by atoms with van der Waals surface area (Å²) in [5.41, 5.74) is 2.36. The number of hydrogen-bond donors (Lipinski definition) is 0. The first-order valence-electron chi connectivity index (χ1n) is 8.69. The van der Waals surface area contributed by atoms with Gasteiger partial charge in [-0.2, -0.15) is 0 Å². The Morgan fingerprint density at radius 1 is 0.870 bits per heavy atom. The van der Waals surface area contributed by atoms with Gasteiger partial charge in [0.1, 0.15) is 0 Å². The molecule has 1 heteroatoms. The van der Waals surface area contributed by atoms with Crippen molar-refractivity contribution in [2.24, 2.45) is 5.92 Å². The highest BCUT2D eigenvalue weighted by Crippen LogP contribution is 2.30. The number of hydrogen-bond acceptors (Lipinski definition) is 1. The van der Waals surface area contributed by atoms with Crippen LogP contribution in [-0.2, 0) is 0 Å². The lowest BCUT2D eigenvalue weighted by molar-refractivity contribution is 0.332. The summed E-state index contributed by atoms with van der Waals surface area (Å²) >= 11 is 0. The van der Waals surface area contributed by atoms with Crippen molar-refractivity contribution in [2.45, 2.75) is 38.1 Å². The molecular weight excluding hydrogens is 278 g/mol. The molecule has 1 aliphatic carbocycles. The van der Waals surface area contributed by atoms with Gasteiger partial charge in [0.2, 0.25) is 0 Å². The molecule has 3 rings (SSSR count). The molecule has 0 aliphatic heterocycles. The van der Waals surface area contributed by atoms with Gasteiger partial charge in [0, 0.05) is 18.3 Å². The summed E-state index contributed by atoms with van der Waals surface area (Å²) in [6.45, 7) is 0. The van der Waals surface area contributed by atoms with Crippen molar-refractivity contribution >= 4 is 5.69 Å². The van der Waals surface area contributed by atoms with Crippen LogP contribution in [0.3, 0.4) is 0 Å². The first-order valence-corrected chi connectivity index (χ1v) is 8.69. The van der Waals surface area contributed by atoms with Crippen molar-refractivity contribution in [3.63, 3.8) is 0 Å². The summed E-state index contributed by atoms with van der Waals surface area (Å²) in [5, 5.41) is 0. The van der Waals surface area contributed by atoms with Crippen LogP contribution < -0.4 is 4.90 Å². The summed E-state index contributed by atoms with van der Waals surface area (Å²) < 4.78 is 0. The third kappa shape index (κ3) is 4.17. The number of anilines is 1. The van der Waals surface area contributed by atoms with Crippen LogP contribution >= 0.6 is 0 Å². The minimum Gasteiger partial charge on any atom is -0.360 e. The molecule has 2 aromatic rings. The van der Waals surface area contributed by atoms with Crippen LogP contribution in [0.4, 0.5) is 5.69 Å². The Kier molecular flexibility index (Phi) is 5.37. The predicted octanol–water partition coefficient (Wildman–Crippen LogP) is 5.12. The minimum absolute atomic E-state index is 0.290. The minimum atomic E-state index is 0.290. The fourth-order valence-corrected chi connectivity index (χ4v) is 3.48. The van der Waals surface area contributed by atoms with Crippen LogP contribution in [0.15, 0.2) is 60.7 Å². The molecule has 0 bridgehead atoms. The Morgan fingerprint density at radius 2 is 1.48 bits per heavy atom. The van der Waals surface area contributed by atoms with Gasteiger partial charge in [-0.1, -0.05) is 67.5 Å². The van der Waals surface area contributed by atoms with Crippen LogP contribution in [0.2, 0.25) is 0 Å². The smallest absolute Gasteiger partial charge is 0.0932 e. The fraction of sp³-hybridized carbons (Fsp3) is 0.364. The molecular formula is C22H25N. The van der Waals surface area contributed by atoms with Crippen LogP contribution in [0.1, 0.15) is 37.7 Å². The summed E-state index contributed by atoms with van der Waals surface area (Å²) in [4.78, 5) is 2.37. The van der Waals surface area contributed by atoms with Gasteiger partial charge >= 0.3 is 0 Å². The molecule has 0 N–H and O–H groups in total. The van der Waals surface area contributed by atoms with Crippen LogP contribution in [0, 0.1) is 17.8 Å². The Balaban J connectivity index is 1.86. The molecule has 2 aromatic carbocycles. The van der Waals surface area contributed by atoms with E-state index in [1.807, 2.05) is 6.07 Å². The molecule has 0 spiro atoms. The number of rotatable bonds is 3. The van der Waals surface area contributed by atoms with Gasteiger partial charge in [-0.3, -0.25) is 0 Å². The van der Waals surface area contributed by atoms with E-state index in [9.17, 15) is 0 Å². The average Bonchev–Trinajstić information content (AvgIpc) is 2.64. The van der Waals surface area contributed by atoms with Gasteiger partial charge in [-0.15, -0.1) is 0 Å². The topological polar surface area (TPSA) is 3.24 Å². The molecule has 1 nitrogen and oxygen atoms in total.